The SMILES string of the molecule is Cc1cc2cccc(-c3ccc4c(c3)[nH]c3ccccc34)c2c2ccccc12. The Bertz CT molecular complexity index is 1520. The van der Waals surface area contributed by atoms with Crippen LogP contribution < -0.4 is 0 Å². The molecular weight excluding hydrogens is 338 g/mol. The molecule has 0 amide bonds. The first-order valence-corrected chi connectivity index (χ1v) is 9.71. The lowest BCUT2D eigenvalue weighted by molar-refractivity contribution is 1.54. The maximum absolute atomic E-state index is 3.58. The number of aromatic nitrogens is 1. The number of hydrogen-bond donors (Lipinski definition) is 1. The van der Waals surface area contributed by atoms with E-state index in [1.54, 1.807) is 0 Å². The standard InChI is InChI=1S/C27H19N/c1-17-15-19-7-6-11-21(27(19)24-10-3-2-8-20(17)24)18-13-14-23-22-9-4-5-12-25(22)28-26(23)16-18/h2-16,28H,1H3. The van der Waals surface area contributed by atoms with E-state index < -0.39 is 0 Å². The molecule has 1 nitrogen and oxygen atoms in total. The maximum Gasteiger partial charge on any atom is 0.0471 e. The smallest absolute Gasteiger partial charge is 0.0471 e. The van der Waals surface area contributed by atoms with E-state index in [9.17, 15) is 0 Å². The van der Waals surface area contributed by atoms with Crippen LogP contribution in [-0.4, -0.2) is 4.98 Å². The Labute approximate surface area is 163 Å². The Hall–Kier alpha value is -3.58. The molecule has 0 unspecified atom stereocenters. The van der Waals surface area contributed by atoms with Crippen LogP contribution in [0.1, 0.15) is 5.56 Å². The van der Waals surface area contributed by atoms with Crippen LogP contribution in [0.3, 0.4) is 0 Å². The lowest BCUT2D eigenvalue weighted by atomic mass is 9.91. The lowest BCUT2D eigenvalue weighted by Gasteiger charge is -2.12. The summed E-state index contributed by atoms with van der Waals surface area (Å²) in [4.78, 5) is 3.58. The van der Waals surface area contributed by atoms with Gasteiger partial charge in [0.25, 0.3) is 0 Å². The first-order chi connectivity index (χ1) is 13.8. The predicted octanol–water partition coefficient (Wildman–Crippen LogP) is 7.60. The average molecular weight is 357 g/mol. The molecule has 1 heterocycles. The van der Waals surface area contributed by atoms with E-state index in [4.69, 9.17) is 0 Å². The van der Waals surface area contributed by atoms with Gasteiger partial charge < -0.3 is 4.98 Å². The Kier molecular flexibility index (Phi) is 3.15. The van der Waals surface area contributed by atoms with Crippen molar-refractivity contribution in [3.05, 3.63) is 96.6 Å². The summed E-state index contributed by atoms with van der Waals surface area (Å²) >= 11 is 0. The number of nitrogens with one attached hydrogen (secondary N) is 1. The molecule has 5 aromatic carbocycles. The Morgan fingerprint density at radius 3 is 2.21 bits per heavy atom. The monoisotopic (exact) mass is 357 g/mol. The third-order valence-electron chi connectivity index (χ3n) is 5.91. The second kappa shape index (κ2) is 5.71. The zero-order valence-corrected chi connectivity index (χ0v) is 15.7. The van der Waals surface area contributed by atoms with E-state index in [2.05, 4.69) is 103 Å². The van der Waals surface area contributed by atoms with Crippen molar-refractivity contribution in [1.29, 1.82) is 0 Å². The second-order valence-corrected chi connectivity index (χ2v) is 7.57. The molecule has 0 aliphatic heterocycles. The van der Waals surface area contributed by atoms with Crippen molar-refractivity contribution in [3.8, 4) is 11.1 Å². The number of benzene rings is 5. The van der Waals surface area contributed by atoms with Crippen LogP contribution in [0.5, 0.6) is 0 Å². The van der Waals surface area contributed by atoms with Gasteiger partial charge in [-0.05, 0) is 57.3 Å². The van der Waals surface area contributed by atoms with Gasteiger partial charge in [0.05, 0.1) is 0 Å². The summed E-state index contributed by atoms with van der Waals surface area (Å²) in [6, 6.07) is 33.0. The van der Waals surface area contributed by atoms with Gasteiger partial charge in [-0.25, -0.2) is 0 Å². The molecular formula is C27H19N. The number of aromatic amines is 1. The van der Waals surface area contributed by atoms with Crippen molar-refractivity contribution in [2.45, 2.75) is 6.92 Å². The van der Waals surface area contributed by atoms with Gasteiger partial charge >= 0.3 is 0 Å². The summed E-state index contributed by atoms with van der Waals surface area (Å²) < 4.78 is 0. The molecule has 132 valence electrons. The minimum absolute atomic E-state index is 1.19. The average Bonchev–Trinajstić information content (AvgIpc) is 3.11. The van der Waals surface area contributed by atoms with E-state index in [0.29, 0.717) is 0 Å². The number of fused-ring (bicyclic) bond motifs is 6. The summed E-state index contributed by atoms with van der Waals surface area (Å²) in [5.41, 5.74) is 6.24. The van der Waals surface area contributed by atoms with Gasteiger partial charge in [0.2, 0.25) is 0 Å². The first kappa shape index (κ1) is 15.5. The lowest BCUT2D eigenvalue weighted by Crippen LogP contribution is -1.86. The minimum atomic E-state index is 1.19. The van der Waals surface area contributed by atoms with E-state index in [-0.39, 0.29) is 0 Å². The molecule has 0 saturated heterocycles. The molecule has 0 radical (unpaired) electrons. The summed E-state index contributed by atoms with van der Waals surface area (Å²) in [6.45, 7) is 2.20. The molecule has 1 heteroatoms. The van der Waals surface area contributed by atoms with Crippen molar-refractivity contribution in [3.63, 3.8) is 0 Å². The topological polar surface area (TPSA) is 15.8 Å². The second-order valence-electron chi connectivity index (χ2n) is 7.57. The molecule has 0 spiro atoms. The first-order valence-electron chi connectivity index (χ1n) is 9.71. The summed E-state index contributed by atoms with van der Waals surface area (Å²) in [5.74, 6) is 0. The van der Waals surface area contributed by atoms with Crippen molar-refractivity contribution in [2.75, 3.05) is 0 Å². The fourth-order valence-corrected chi connectivity index (χ4v) is 4.61. The van der Waals surface area contributed by atoms with E-state index in [1.165, 1.54) is 60.0 Å². The van der Waals surface area contributed by atoms with E-state index in [1.807, 2.05) is 0 Å². The molecule has 0 aliphatic carbocycles. The molecule has 0 fully saturated rings. The van der Waals surface area contributed by atoms with Crippen LogP contribution in [0.25, 0.3) is 54.5 Å². The van der Waals surface area contributed by atoms with Gasteiger partial charge in [0, 0.05) is 21.8 Å². The largest absolute Gasteiger partial charge is 0.354 e. The Morgan fingerprint density at radius 2 is 1.32 bits per heavy atom. The van der Waals surface area contributed by atoms with Gasteiger partial charge in [-0.3, -0.25) is 0 Å². The van der Waals surface area contributed by atoms with Gasteiger partial charge in [0.15, 0.2) is 0 Å². The van der Waals surface area contributed by atoms with Crippen LogP contribution in [-0.2, 0) is 0 Å². The highest BCUT2D eigenvalue weighted by Gasteiger charge is 2.11. The summed E-state index contributed by atoms with van der Waals surface area (Å²) in [7, 11) is 0. The van der Waals surface area contributed by atoms with E-state index >= 15 is 0 Å². The van der Waals surface area contributed by atoms with Crippen LogP contribution in [0, 0.1) is 6.92 Å². The van der Waals surface area contributed by atoms with Gasteiger partial charge in [-0.1, -0.05) is 78.9 Å². The van der Waals surface area contributed by atoms with Crippen LogP contribution in [0.15, 0.2) is 91.0 Å². The molecule has 1 aromatic heterocycles. The molecule has 1 N–H and O–H groups in total. The third kappa shape index (κ3) is 2.13. The van der Waals surface area contributed by atoms with Crippen LogP contribution >= 0.6 is 0 Å². The summed E-state index contributed by atoms with van der Waals surface area (Å²) in [5, 5.41) is 7.84. The van der Waals surface area contributed by atoms with Crippen molar-refractivity contribution in [1.82, 2.24) is 4.98 Å². The molecule has 6 rings (SSSR count). The van der Waals surface area contributed by atoms with Crippen LogP contribution in [0.4, 0.5) is 0 Å². The number of hydrogen-bond acceptors (Lipinski definition) is 0. The number of para-hydroxylation sites is 1. The normalized spacial score (nSPS) is 11.8. The molecule has 0 aliphatic rings. The van der Waals surface area contributed by atoms with Gasteiger partial charge in [0.1, 0.15) is 0 Å². The van der Waals surface area contributed by atoms with Gasteiger partial charge in [-0.2, -0.15) is 0 Å². The zero-order valence-electron chi connectivity index (χ0n) is 15.7. The zero-order chi connectivity index (χ0) is 18.7. The molecule has 28 heavy (non-hydrogen) atoms. The molecule has 6 aromatic rings. The third-order valence-corrected chi connectivity index (χ3v) is 5.91. The fraction of sp³-hybridized carbons (Fsp3) is 0.0370. The van der Waals surface area contributed by atoms with Crippen molar-refractivity contribution < 1.29 is 0 Å². The quantitative estimate of drug-likeness (QED) is 0.292. The Morgan fingerprint density at radius 1 is 0.571 bits per heavy atom. The fourth-order valence-electron chi connectivity index (χ4n) is 4.61. The van der Waals surface area contributed by atoms with Crippen LogP contribution in [0.2, 0.25) is 0 Å². The highest BCUT2D eigenvalue weighted by molar-refractivity contribution is 6.16. The van der Waals surface area contributed by atoms with Crippen molar-refractivity contribution in [2.24, 2.45) is 0 Å². The van der Waals surface area contributed by atoms with Crippen molar-refractivity contribution >= 4 is 43.4 Å². The van der Waals surface area contributed by atoms with E-state index in [0.717, 1.165) is 0 Å². The molecule has 0 saturated carbocycles. The highest BCUT2D eigenvalue weighted by Crippen LogP contribution is 2.37. The van der Waals surface area contributed by atoms with Gasteiger partial charge in [-0.15, -0.1) is 0 Å². The summed E-state index contributed by atoms with van der Waals surface area (Å²) in [6.07, 6.45) is 0. The molecule has 0 atom stereocenters. The molecule has 0 bridgehead atoms. The highest BCUT2D eigenvalue weighted by atomic mass is 14.7. The Balaban J connectivity index is 1.70. The number of rotatable bonds is 1. The maximum atomic E-state index is 3.58. The number of H-pyrrole nitrogens is 1. The number of aryl methyl sites for hydroxylation is 1. The minimum Gasteiger partial charge on any atom is -0.354 e. The predicted molar refractivity (Wildman–Crippen MR) is 121 cm³/mol.